The van der Waals surface area contributed by atoms with Crippen molar-refractivity contribution in [3.8, 4) is 0 Å². The summed E-state index contributed by atoms with van der Waals surface area (Å²) in [6.07, 6.45) is 3.26. The molecule has 4 nitrogen and oxygen atoms in total. The summed E-state index contributed by atoms with van der Waals surface area (Å²) in [6.45, 7) is 2.68. The zero-order valence-corrected chi connectivity index (χ0v) is 10.8. The van der Waals surface area contributed by atoms with Crippen LogP contribution in [0.2, 0.25) is 0 Å². The van der Waals surface area contributed by atoms with Crippen molar-refractivity contribution in [2.24, 2.45) is 11.8 Å². The summed E-state index contributed by atoms with van der Waals surface area (Å²) < 4.78 is 0. The zero-order chi connectivity index (χ0) is 13.8. The van der Waals surface area contributed by atoms with Gasteiger partial charge in [0.1, 0.15) is 0 Å². The second-order valence-corrected chi connectivity index (χ2v) is 4.91. The third-order valence-electron chi connectivity index (χ3n) is 3.46. The molecule has 100 valence electrons. The van der Waals surface area contributed by atoms with Crippen molar-refractivity contribution < 1.29 is 14.7 Å². The molecule has 1 N–H and O–H groups in total. The Labute approximate surface area is 112 Å². The van der Waals surface area contributed by atoms with Gasteiger partial charge in [-0.25, -0.2) is 0 Å². The zero-order valence-electron chi connectivity index (χ0n) is 10.8. The molecule has 1 heterocycles. The highest BCUT2D eigenvalue weighted by Crippen LogP contribution is 2.23. The summed E-state index contributed by atoms with van der Waals surface area (Å²) in [5.74, 6) is -1.39. The predicted molar refractivity (Wildman–Crippen MR) is 72.3 cm³/mol. The molecule has 0 aromatic heterocycles. The van der Waals surface area contributed by atoms with Gasteiger partial charge in [-0.15, -0.1) is 0 Å². The number of rotatable bonds is 3. The fourth-order valence-corrected chi connectivity index (χ4v) is 2.31. The van der Waals surface area contributed by atoms with Crippen LogP contribution in [-0.4, -0.2) is 35.0 Å². The van der Waals surface area contributed by atoms with Gasteiger partial charge in [0.25, 0.3) is 0 Å². The number of nitrogens with zero attached hydrogens (tertiary/aromatic N) is 1. The van der Waals surface area contributed by atoms with Crippen molar-refractivity contribution in [1.29, 1.82) is 0 Å². The molecule has 0 bridgehead atoms. The van der Waals surface area contributed by atoms with E-state index in [0.717, 1.165) is 5.56 Å². The van der Waals surface area contributed by atoms with Gasteiger partial charge >= 0.3 is 5.97 Å². The number of benzene rings is 1. The molecular weight excluding hydrogens is 242 g/mol. The van der Waals surface area contributed by atoms with Gasteiger partial charge in [0.15, 0.2) is 0 Å². The van der Waals surface area contributed by atoms with Crippen molar-refractivity contribution in [2.75, 3.05) is 13.1 Å². The molecule has 4 heteroatoms. The first kappa shape index (κ1) is 13.3. The lowest BCUT2D eigenvalue weighted by atomic mass is 9.99. The van der Waals surface area contributed by atoms with Gasteiger partial charge in [0.2, 0.25) is 5.91 Å². The molecule has 1 aliphatic rings. The van der Waals surface area contributed by atoms with Crippen LogP contribution in [0, 0.1) is 11.8 Å². The van der Waals surface area contributed by atoms with Crippen LogP contribution >= 0.6 is 0 Å². The van der Waals surface area contributed by atoms with Crippen molar-refractivity contribution in [3.63, 3.8) is 0 Å². The van der Waals surface area contributed by atoms with Crippen molar-refractivity contribution in [1.82, 2.24) is 4.90 Å². The van der Waals surface area contributed by atoms with Gasteiger partial charge in [-0.1, -0.05) is 37.3 Å². The van der Waals surface area contributed by atoms with Crippen LogP contribution in [0.1, 0.15) is 12.5 Å². The molecule has 0 spiro atoms. The summed E-state index contributed by atoms with van der Waals surface area (Å²) >= 11 is 0. The Morgan fingerprint density at radius 1 is 1.26 bits per heavy atom. The van der Waals surface area contributed by atoms with Gasteiger partial charge in [-0.3, -0.25) is 9.59 Å². The van der Waals surface area contributed by atoms with Crippen LogP contribution in [0.25, 0.3) is 6.08 Å². The highest BCUT2D eigenvalue weighted by molar-refractivity contribution is 5.92. The van der Waals surface area contributed by atoms with E-state index >= 15 is 0 Å². The van der Waals surface area contributed by atoms with Crippen molar-refractivity contribution in [3.05, 3.63) is 42.0 Å². The van der Waals surface area contributed by atoms with Crippen molar-refractivity contribution >= 4 is 18.0 Å². The highest BCUT2D eigenvalue weighted by Gasteiger charge is 2.36. The lowest BCUT2D eigenvalue weighted by Crippen LogP contribution is -2.28. The maximum absolute atomic E-state index is 12.0. The number of hydrogen-bond acceptors (Lipinski definition) is 2. The van der Waals surface area contributed by atoms with Gasteiger partial charge in [-0.2, -0.15) is 0 Å². The van der Waals surface area contributed by atoms with Crippen LogP contribution < -0.4 is 0 Å². The maximum Gasteiger partial charge on any atom is 0.308 e. The summed E-state index contributed by atoms with van der Waals surface area (Å²) in [4.78, 5) is 24.6. The molecular formula is C15H17NO3. The van der Waals surface area contributed by atoms with Crippen molar-refractivity contribution in [2.45, 2.75) is 6.92 Å². The van der Waals surface area contributed by atoms with E-state index in [2.05, 4.69) is 0 Å². The molecule has 0 radical (unpaired) electrons. The average Bonchev–Trinajstić information content (AvgIpc) is 2.79. The summed E-state index contributed by atoms with van der Waals surface area (Å²) in [7, 11) is 0. The van der Waals surface area contributed by atoms with Gasteiger partial charge in [-0.05, 0) is 17.6 Å². The lowest BCUT2D eigenvalue weighted by molar-refractivity contribution is -0.142. The smallest absolute Gasteiger partial charge is 0.308 e. The Balaban J connectivity index is 1.98. The standard InChI is InChI=1S/C15H17NO3/c1-11-9-16(10-13(11)15(18)19)14(17)8-7-12-5-3-2-4-6-12/h2-8,11,13H,9-10H2,1H3,(H,18,19). The SMILES string of the molecule is CC1CN(C(=O)C=Cc2ccccc2)CC1C(=O)O. The Kier molecular flexibility index (Phi) is 4.00. The third kappa shape index (κ3) is 3.22. The summed E-state index contributed by atoms with van der Waals surface area (Å²) in [5.41, 5.74) is 0.956. The molecule has 1 aliphatic heterocycles. The van der Waals surface area contributed by atoms with Gasteiger partial charge in [0.05, 0.1) is 5.92 Å². The van der Waals surface area contributed by atoms with E-state index in [9.17, 15) is 9.59 Å². The fourth-order valence-electron chi connectivity index (χ4n) is 2.31. The van der Waals surface area contributed by atoms with E-state index in [4.69, 9.17) is 5.11 Å². The van der Waals surface area contributed by atoms with E-state index in [1.165, 1.54) is 6.08 Å². The molecule has 1 fully saturated rings. The number of carbonyl (C=O) groups excluding carboxylic acids is 1. The first-order valence-corrected chi connectivity index (χ1v) is 6.33. The molecule has 1 aromatic carbocycles. The largest absolute Gasteiger partial charge is 0.481 e. The molecule has 1 amide bonds. The van der Waals surface area contributed by atoms with Gasteiger partial charge < -0.3 is 10.0 Å². The Morgan fingerprint density at radius 2 is 1.95 bits per heavy atom. The number of amides is 1. The minimum absolute atomic E-state index is 0.00609. The van der Waals surface area contributed by atoms with E-state index in [0.29, 0.717) is 13.1 Å². The molecule has 2 rings (SSSR count). The number of likely N-dealkylation sites (tertiary alicyclic amines) is 1. The van der Waals surface area contributed by atoms with E-state index in [1.54, 1.807) is 11.0 Å². The summed E-state index contributed by atoms with van der Waals surface area (Å²) in [6, 6.07) is 9.55. The molecule has 2 atom stereocenters. The summed E-state index contributed by atoms with van der Waals surface area (Å²) in [5, 5.41) is 9.04. The second-order valence-electron chi connectivity index (χ2n) is 4.91. The van der Waals surface area contributed by atoms with E-state index in [-0.39, 0.29) is 11.8 Å². The monoisotopic (exact) mass is 259 g/mol. The minimum Gasteiger partial charge on any atom is -0.481 e. The number of carbonyl (C=O) groups is 2. The van der Waals surface area contributed by atoms with Crippen LogP contribution in [0.3, 0.4) is 0 Å². The Morgan fingerprint density at radius 3 is 2.53 bits per heavy atom. The van der Waals surface area contributed by atoms with Crippen LogP contribution in [0.5, 0.6) is 0 Å². The Hall–Kier alpha value is -2.10. The quantitative estimate of drug-likeness (QED) is 0.843. The first-order chi connectivity index (χ1) is 9.08. The molecule has 19 heavy (non-hydrogen) atoms. The number of carboxylic acids is 1. The average molecular weight is 259 g/mol. The van der Waals surface area contributed by atoms with Crippen LogP contribution in [0.15, 0.2) is 36.4 Å². The van der Waals surface area contributed by atoms with Gasteiger partial charge in [0, 0.05) is 19.2 Å². The number of hydrogen-bond donors (Lipinski definition) is 1. The normalized spacial score (nSPS) is 22.9. The van der Waals surface area contributed by atoms with E-state index in [1.807, 2.05) is 37.3 Å². The highest BCUT2D eigenvalue weighted by atomic mass is 16.4. The van der Waals surface area contributed by atoms with Crippen LogP contribution in [-0.2, 0) is 9.59 Å². The molecule has 2 unspecified atom stereocenters. The first-order valence-electron chi connectivity index (χ1n) is 6.33. The molecule has 1 aromatic rings. The van der Waals surface area contributed by atoms with E-state index < -0.39 is 11.9 Å². The predicted octanol–water partition coefficient (Wildman–Crippen LogP) is 1.88. The third-order valence-corrected chi connectivity index (χ3v) is 3.46. The molecule has 0 saturated carbocycles. The van der Waals surface area contributed by atoms with Crippen LogP contribution in [0.4, 0.5) is 0 Å². The fraction of sp³-hybridized carbons (Fsp3) is 0.333. The molecule has 1 saturated heterocycles. The number of aliphatic carboxylic acids is 1. The molecule has 0 aliphatic carbocycles. The second kappa shape index (κ2) is 5.69. The maximum atomic E-state index is 12.0. The Bertz CT molecular complexity index is 495. The minimum atomic E-state index is -0.824. The number of carboxylic acid groups (broad SMARTS) is 1. The topological polar surface area (TPSA) is 57.6 Å². The lowest BCUT2D eigenvalue weighted by Gasteiger charge is -2.12.